The highest BCUT2D eigenvalue weighted by atomic mass is 16.3. The highest BCUT2D eigenvalue weighted by Crippen LogP contribution is 2.25. The molecule has 4 heteroatoms. The molecule has 0 aromatic heterocycles. The van der Waals surface area contributed by atoms with Crippen molar-refractivity contribution in [3.8, 4) is 0 Å². The van der Waals surface area contributed by atoms with Gasteiger partial charge in [-0.2, -0.15) is 0 Å². The zero-order valence-electron chi connectivity index (χ0n) is 11.2. The molecular weight excluding hydrogens is 228 g/mol. The van der Waals surface area contributed by atoms with Crippen molar-refractivity contribution in [1.29, 1.82) is 0 Å². The molecule has 18 heavy (non-hydrogen) atoms. The minimum Gasteiger partial charge on any atom is -0.394 e. The second-order valence-corrected chi connectivity index (χ2v) is 5.21. The van der Waals surface area contributed by atoms with Crippen LogP contribution < -0.4 is 11.1 Å². The fourth-order valence-electron chi connectivity index (χ4n) is 1.95. The standard InChI is InChI=1S/C14H22N2O2/c1-10-6-4-5-7-11(10)14(2,3)9-16-13(18)12(15)8-17/h4-7,12,17H,8-9,15H2,1-3H3,(H,16,18). The Morgan fingerprint density at radius 2 is 2.06 bits per heavy atom. The highest BCUT2D eigenvalue weighted by Gasteiger charge is 2.24. The summed E-state index contributed by atoms with van der Waals surface area (Å²) in [6.07, 6.45) is 0. The molecule has 1 aromatic carbocycles. The predicted molar refractivity (Wildman–Crippen MR) is 72.3 cm³/mol. The van der Waals surface area contributed by atoms with Crippen LogP contribution in [0.2, 0.25) is 0 Å². The topological polar surface area (TPSA) is 75.4 Å². The first kappa shape index (κ1) is 14.7. The summed E-state index contributed by atoms with van der Waals surface area (Å²) in [6.45, 7) is 6.35. The first-order valence-electron chi connectivity index (χ1n) is 6.09. The van der Waals surface area contributed by atoms with Crippen molar-refractivity contribution < 1.29 is 9.90 Å². The van der Waals surface area contributed by atoms with Crippen LogP contribution in [-0.2, 0) is 10.2 Å². The third-order valence-electron chi connectivity index (χ3n) is 3.11. The number of carbonyl (C=O) groups excluding carboxylic acids is 1. The molecule has 0 aliphatic rings. The van der Waals surface area contributed by atoms with E-state index in [1.807, 2.05) is 12.1 Å². The molecule has 1 unspecified atom stereocenters. The van der Waals surface area contributed by atoms with Crippen molar-refractivity contribution in [2.24, 2.45) is 5.73 Å². The fraction of sp³-hybridized carbons (Fsp3) is 0.500. The monoisotopic (exact) mass is 250 g/mol. The molecule has 0 heterocycles. The lowest BCUT2D eigenvalue weighted by Gasteiger charge is -2.28. The second kappa shape index (κ2) is 5.98. The Kier molecular flexibility index (Phi) is 4.87. The lowest BCUT2D eigenvalue weighted by atomic mass is 9.82. The number of aryl methyl sites for hydroxylation is 1. The summed E-state index contributed by atoms with van der Waals surface area (Å²) in [5, 5.41) is 11.6. The zero-order valence-corrected chi connectivity index (χ0v) is 11.2. The summed E-state index contributed by atoms with van der Waals surface area (Å²) in [5.41, 5.74) is 7.68. The van der Waals surface area contributed by atoms with Gasteiger partial charge >= 0.3 is 0 Å². The third kappa shape index (κ3) is 3.55. The number of benzene rings is 1. The Morgan fingerprint density at radius 3 is 2.61 bits per heavy atom. The molecule has 0 fully saturated rings. The summed E-state index contributed by atoms with van der Waals surface area (Å²) in [5.74, 6) is -0.320. The zero-order chi connectivity index (χ0) is 13.8. The minimum absolute atomic E-state index is 0.170. The number of carbonyl (C=O) groups is 1. The number of hydrogen-bond acceptors (Lipinski definition) is 3. The molecule has 0 aliphatic heterocycles. The predicted octanol–water partition coefficient (Wildman–Crippen LogP) is 0.708. The van der Waals surface area contributed by atoms with Crippen LogP contribution in [0.15, 0.2) is 24.3 Å². The summed E-state index contributed by atoms with van der Waals surface area (Å²) in [4.78, 5) is 11.5. The average Bonchev–Trinajstić information content (AvgIpc) is 2.35. The van der Waals surface area contributed by atoms with E-state index >= 15 is 0 Å². The summed E-state index contributed by atoms with van der Waals surface area (Å²) >= 11 is 0. The number of rotatable bonds is 5. The maximum absolute atomic E-state index is 11.5. The van der Waals surface area contributed by atoms with Crippen LogP contribution >= 0.6 is 0 Å². The number of amides is 1. The Hall–Kier alpha value is -1.39. The molecule has 0 radical (unpaired) electrons. The molecule has 0 bridgehead atoms. The Labute approximate surface area is 108 Å². The van der Waals surface area contributed by atoms with E-state index < -0.39 is 6.04 Å². The maximum Gasteiger partial charge on any atom is 0.239 e. The third-order valence-corrected chi connectivity index (χ3v) is 3.11. The van der Waals surface area contributed by atoms with Crippen molar-refractivity contribution >= 4 is 5.91 Å². The molecular formula is C14H22N2O2. The highest BCUT2D eigenvalue weighted by molar-refractivity contribution is 5.81. The van der Waals surface area contributed by atoms with E-state index in [9.17, 15) is 4.79 Å². The Balaban J connectivity index is 2.71. The molecule has 0 saturated carbocycles. The quantitative estimate of drug-likeness (QED) is 0.720. The maximum atomic E-state index is 11.5. The van der Waals surface area contributed by atoms with Crippen LogP contribution in [0.4, 0.5) is 0 Å². The second-order valence-electron chi connectivity index (χ2n) is 5.21. The lowest BCUT2D eigenvalue weighted by molar-refractivity contribution is -0.123. The van der Waals surface area contributed by atoms with Gasteiger partial charge in [0.05, 0.1) is 6.61 Å². The molecule has 1 rings (SSSR count). The largest absolute Gasteiger partial charge is 0.394 e. The molecule has 100 valence electrons. The fourth-order valence-corrected chi connectivity index (χ4v) is 1.95. The van der Waals surface area contributed by atoms with Gasteiger partial charge in [-0.05, 0) is 18.1 Å². The van der Waals surface area contributed by atoms with Crippen LogP contribution in [0.5, 0.6) is 0 Å². The van der Waals surface area contributed by atoms with Crippen molar-refractivity contribution in [2.75, 3.05) is 13.2 Å². The molecule has 4 N–H and O–H groups in total. The van der Waals surface area contributed by atoms with E-state index in [2.05, 4.69) is 38.2 Å². The molecule has 1 amide bonds. The Bertz CT molecular complexity index is 416. The number of nitrogens with one attached hydrogen (secondary N) is 1. The SMILES string of the molecule is Cc1ccccc1C(C)(C)CNC(=O)C(N)CO. The first-order valence-corrected chi connectivity index (χ1v) is 6.09. The van der Waals surface area contributed by atoms with E-state index in [1.165, 1.54) is 11.1 Å². The number of hydrogen-bond donors (Lipinski definition) is 3. The molecule has 0 aliphatic carbocycles. The summed E-state index contributed by atoms with van der Waals surface area (Å²) < 4.78 is 0. The molecule has 1 atom stereocenters. The van der Waals surface area contributed by atoms with Crippen LogP contribution in [0.3, 0.4) is 0 Å². The van der Waals surface area contributed by atoms with Crippen molar-refractivity contribution in [3.05, 3.63) is 35.4 Å². The van der Waals surface area contributed by atoms with E-state index in [0.717, 1.165) is 0 Å². The number of aliphatic hydroxyl groups is 1. The van der Waals surface area contributed by atoms with Crippen LogP contribution in [-0.4, -0.2) is 30.2 Å². The van der Waals surface area contributed by atoms with Crippen molar-refractivity contribution in [1.82, 2.24) is 5.32 Å². The van der Waals surface area contributed by atoms with Gasteiger partial charge in [0.15, 0.2) is 0 Å². The van der Waals surface area contributed by atoms with Crippen molar-refractivity contribution in [3.63, 3.8) is 0 Å². The average molecular weight is 250 g/mol. The van der Waals surface area contributed by atoms with Crippen LogP contribution in [0.1, 0.15) is 25.0 Å². The number of aliphatic hydroxyl groups excluding tert-OH is 1. The van der Waals surface area contributed by atoms with E-state index in [4.69, 9.17) is 10.8 Å². The van der Waals surface area contributed by atoms with Gasteiger partial charge in [-0.3, -0.25) is 4.79 Å². The molecule has 0 saturated heterocycles. The van der Waals surface area contributed by atoms with Crippen LogP contribution in [0.25, 0.3) is 0 Å². The van der Waals surface area contributed by atoms with Crippen molar-refractivity contribution in [2.45, 2.75) is 32.2 Å². The van der Waals surface area contributed by atoms with Gasteiger partial charge in [-0.25, -0.2) is 0 Å². The van der Waals surface area contributed by atoms with Crippen LogP contribution in [0, 0.1) is 6.92 Å². The van der Waals surface area contributed by atoms with Gasteiger partial charge in [0, 0.05) is 12.0 Å². The van der Waals surface area contributed by atoms with Gasteiger partial charge in [-0.1, -0.05) is 38.1 Å². The first-order chi connectivity index (χ1) is 8.38. The number of nitrogens with two attached hydrogens (primary N) is 1. The molecule has 0 spiro atoms. The van der Waals surface area contributed by atoms with Gasteiger partial charge in [0.25, 0.3) is 0 Å². The molecule has 1 aromatic rings. The lowest BCUT2D eigenvalue weighted by Crippen LogP contribution is -2.46. The Morgan fingerprint density at radius 1 is 1.44 bits per heavy atom. The van der Waals surface area contributed by atoms with E-state index in [-0.39, 0.29) is 17.9 Å². The summed E-state index contributed by atoms with van der Waals surface area (Å²) in [7, 11) is 0. The smallest absolute Gasteiger partial charge is 0.239 e. The van der Waals surface area contributed by atoms with Gasteiger partial charge in [0.2, 0.25) is 5.91 Å². The molecule has 4 nitrogen and oxygen atoms in total. The summed E-state index contributed by atoms with van der Waals surface area (Å²) in [6, 6.07) is 7.25. The minimum atomic E-state index is -0.849. The van der Waals surface area contributed by atoms with E-state index in [1.54, 1.807) is 0 Å². The van der Waals surface area contributed by atoms with Gasteiger partial charge in [-0.15, -0.1) is 0 Å². The normalized spacial score (nSPS) is 13.2. The van der Waals surface area contributed by atoms with Gasteiger partial charge < -0.3 is 16.2 Å². The van der Waals surface area contributed by atoms with Gasteiger partial charge in [0.1, 0.15) is 6.04 Å². The van der Waals surface area contributed by atoms with E-state index in [0.29, 0.717) is 6.54 Å².